The lowest BCUT2D eigenvalue weighted by molar-refractivity contribution is 0.872. The SMILES string of the molecule is CNCCSc1ccc(N)c(C)c1. The van der Waals surface area contributed by atoms with E-state index >= 15 is 0 Å². The molecule has 0 radical (unpaired) electrons. The smallest absolute Gasteiger partial charge is 0.0344 e. The van der Waals surface area contributed by atoms with Gasteiger partial charge in [-0.1, -0.05) is 0 Å². The molecule has 0 amide bonds. The fourth-order valence-corrected chi connectivity index (χ4v) is 1.98. The molecule has 0 aliphatic rings. The van der Waals surface area contributed by atoms with Crippen LogP contribution in [0.2, 0.25) is 0 Å². The Kier molecular flexibility index (Phi) is 4.12. The van der Waals surface area contributed by atoms with E-state index in [2.05, 4.69) is 17.4 Å². The maximum Gasteiger partial charge on any atom is 0.0344 e. The Morgan fingerprint density at radius 3 is 2.85 bits per heavy atom. The molecule has 13 heavy (non-hydrogen) atoms. The topological polar surface area (TPSA) is 38.0 Å². The van der Waals surface area contributed by atoms with Crippen molar-refractivity contribution in [1.29, 1.82) is 0 Å². The molecule has 72 valence electrons. The van der Waals surface area contributed by atoms with Crippen LogP contribution in [0.25, 0.3) is 0 Å². The van der Waals surface area contributed by atoms with Gasteiger partial charge in [-0.2, -0.15) is 0 Å². The van der Waals surface area contributed by atoms with Crippen molar-refractivity contribution in [3.8, 4) is 0 Å². The van der Waals surface area contributed by atoms with Gasteiger partial charge in [-0.3, -0.25) is 0 Å². The molecule has 0 aliphatic heterocycles. The van der Waals surface area contributed by atoms with Crippen molar-refractivity contribution < 1.29 is 0 Å². The van der Waals surface area contributed by atoms with Gasteiger partial charge in [-0.15, -0.1) is 11.8 Å². The number of benzene rings is 1. The number of hydrogen-bond acceptors (Lipinski definition) is 3. The van der Waals surface area contributed by atoms with Crippen LogP contribution in [0.1, 0.15) is 5.56 Å². The van der Waals surface area contributed by atoms with Gasteiger partial charge in [0.1, 0.15) is 0 Å². The molecule has 0 heterocycles. The van der Waals surface area contributed by atoms with Crippen LogP contribution >= 0.6 is 11.8 Å². The number of thioether (sulfide) groups is 1. The van der Waals surface area contributed by atoms with Crippen molar-refractivity contribution in [2.24, 2.45) is 0 Å². The summed E-state index contributed by atoms with van der Waals surface area (Å²) >= 11 is 1.85. The normalized spacial score (nSPS) is 10.3. The first-order valence-corrected chi connectivity index (χ1v) is 5.36. The van der Waals surface area contributed by atoms with Crippen molar-refractivity contribution >= 4 is 17.4 Å². The van der Waals surface area contributed by atoms with E-state index in [1.807, 2.05) is 31.8 Å². The first kappa shape index (κ1) is 10.4. The van der Waals surface area contributed by atoms with Crippen LogP contribution in [0.3, 0.4) is 0 Å². The summed E-state index contributed by atoms with van der Waals surface area (Å²) in [5.41, 5.74) is 7.76. The summed E-state index contributed by atoms with van der Waals surface area (Å²) in [4.78, 5) is 1.29. The quantitative estimate of drug-likeness (QED) is 0.439. The zero-order valence-corrected chi connectivity index (χ0v) is 8.95. The summed E-state index contributed by atoms with van der Waals surface area (Å²) < 4.78 is 0. The molecule has 2 nitrogen and oxygen atoms in total. The zero-order valence-electron chi connectivity index (χ0n) is 8.13. The third-order valence-electron chi connectivity index (χ3n) is 1.86. The highest BCUT2D eigenvalue weighted by Gasteiger charge is 1.96. The van der Waals surface area contributed by atoms with Gasteiger partial charge in [0, 0.05) is 22.9 Å². The molecule has 3 N–H and O–H groups in total. The minimum atomic E-state index is 0.873. The summed E-state index contributed by atoms with van der Waals surface area (Å²) in [5.74, 6) is 1.10. The van der Waals surface area contributed by atoms with Crippen molar-refractivity contribution in [3.05, 3.63) is 23.8 Å². The summed E-state index contributed by atoms with van der Waals surface area (Å²) in [5, 5.41) is 3.12. The Bertz CT molecular complexity index is 274. The van der Waals surface area contributed by atoms with E-state index in [9.17, 15) is 0 Å². The minimum absolute atomic E-state index is 0.873. The molecule has 0 unspecified atom stereocenters. The second-order valence-corrected chi connectivity index (χ2v) is 4.14. The average Bonchev–Trinajstić information content (AvgIpc) is 2.12. The highest BCUT2D eigenvalue weighted by atomic mass is 32.2. The predicted octanol–water partition coefficient (Wildman–Crippen LogP) is 1.89. The molecule has 0 saturated heterocycles. The molecule has 1 rings (SSSR count). The Balaban J connectivity index is 2.53. The van der Waals surface area contributed by atoms with Gasteiger partial charge in [0.2, 0.25) is 0 Å². The second-order valence-electron chi connectivity index (χ2n) is 2.97. The minimum Gasteiger partial charge on any atom is -0.399 e. The van der Waals surface area contributed by atoms with E-state index < -0.39 is 0 Å². The van der Waals surface area contributed by atoms with E-state index in [4.69, 9.17) is 5.73 Å². The Hall–Kier alpha value is -0.670. The number of nitrogens with two attached hydrogens (primary N) is 1. The van der Waals surface area contributed by atoms with Crippen LogP contribution in [0.4, 0.5) is 5.69 Å². The predicted molar refractivity (Wildman–Crippen MR) is 60.2 cm³/mol. The number of nitrogen functional groups attached to an aromatic ring is 1. The molecular weight excluding hydrogens is 180 g/mol. The lowest BCUT2D eigenvalue weighted by Gasteiger charge is -2.04. The summed E-state index contributed by atoms with van der Waals surface area (Å²) in [6, 6.07) is 6.18. The Morgan fingerprint density at radius 2 is 2.23 bits per heavy atom. The number of nitrogens with one attached hydrogen (secondary N) is 1. The molecule has 0 aliphatic carbocycles. The largest absolute Gasteiger partial charge is 0.399 e. The molecule has 0 spiro atoms. The van der Waals surface area contributed by atoms with Gasteiger partial charge in [-0.25, -0.2) is 0 Å². The zero-order chi connectivity index (χ0) is 9.68. The first-order valence-electron chi connectivity index (χ1n) is 4.37. The molecule has 0 fully saturated rings. The van der Waals surface area contributed by atoms with E-state index in [-0.39, 0.29) is 0 Å². The molecule has 0 saturated carbocycles. The van der Waals surface area contributed by atoms with E-state index in [1.165, 1.54) is 4.90 Å². The maximum absolute atomic E-state index is 5.72. The fraction of sp³-hybridized carbons (Fsp3) is 0.400. The van der Waals surface area contributed by atoms with Gasteiger partial charge in [-0.05, 0) is 37.7 Å². The lowest BCUT2D eigenvalue weighted by Crippen LogP contribution is -2.09. The van der Waals surface area contributed by atoms with Crippen LogP contribution in [0.5, 0.6) is 0 Å². The second kappa shape index (κ2) is 5.14. The van der Waals surface area contributed by atoms with Gasteiger partial charge >= 0.3 is 0 Å². The molecule has 0 bridgehead atoms. The van der Waals surface area contributed by atoms with E-state index in [0.29, 0.717) is 0 Å². The van der Waals surface area contributed by atoms with Gasteiger partial charge < -0.3 is 11.1 Å². The lowest BCUT2D eigenvalue weighted by atomic mass is 10.2. The van der Waals surface area contributed by atoms with Crippen molar-refractivity contribution in [1.82, 2.24) is 5.32 Å². The summed E-state index contributed by atoms with van der Waals surface area (Å²) in [6.07, 6.45) is 0. The van der Waals surface area contributed by atoms with Crippen molar-refractivity contribution in [2.45, 2.75) is 11.8 Å². The summed E-state index contributed by atoms with van der Waals surface area (Å²) in [7, 11) is 1.97. The van der Waals surface area contributed by atoms with Crippen molar-refractivity contribution in [3.63, 3.8) is 0 Å². The highest BCUT2D eigenvalue weighted by molar-refractivity contribution is 7.99. The molecule has 1 aromatic carbocycles. The van der Waals surface area contributed by atoms with Gasteiger partial charge in [0.25, 0.3) is 0 Å². The first-order chi connectivity index (χ1) is 6.24. The van der Waals surface area contributed by atoms with Gasteiger partial charge in [0.05, 0.1) is 0 Å². The number of hydrogen-bond donors (Lipinski definition) is 2. The maximum atomic E-state index is 5.72. The van der Waals surface area contributed by atoms with Gasteiger partial charge in [0.15, 0.2) is 0 Å². The van der Waals surface area contributed by atoms with Crippen LogP contribution in [-0.4, -0.2) is 19.3 Å². The molecule has 0 atom stereocenters. The Labute approximate surface area is 83.9 Å². The number of rotatable bonds is 4. The fourth-order valence-electron chi connectivity index (χ4n) is 1.01. The molecule has 1 aromatic rings. The molecule has 3 heteroatoms. The Morgan fingerprint density at radius 1 is 1.46 bits per heavy atom. The van der Waals surface area contributed by atoms with E-state index in [1.54, 1.807) is 0 Å². The monoisotopic (exact) mass is 196 g/mol. The highest BCUT2D eigenvalue weighted by Crippen LogP contribution is 2.21. The molecule has 0 aromatic heterocycles. The number of aryl methyl sites for hydroxylation is 1. The van der Waals surface area contributed by atoms with E-state index in [0.717, 1.165) is 23.5 Å². The third kappa shape index (κ3) is 3.28. The van der Waals surface area contributed by atoms with Crippen LogP contribution in [0, 0.1) is 6.92 Å². The average molecular weight is 196 g/mol. The van der Waals surface area contributed by atoms with Crippen LogP contribution in [0.15, 0.2) is 23.1 Å². The standard InChI is InChI=1S/C10H16N2S/c1-8-7-9(3-4-10(8)11)13-6-5-12-2/h3-4,7,12H,5-6,11H2,1-2H3. The van der Waals surface area contributed by atoms with Crippen LogP contribution in [-0.2, 0) is 0 Å². The third-order valence-corrected chi connectivity index (χ3v) is 2.86. The number of anilines is 1. The van der Waals surface area contributed by atoms with Crippen LogP contribution < -0.4 is 11.1 Å². The molecular formula is C10H16N2S. The summed E-state index contributed by atoms with van der Waals surface area (Å²) in [6.45, 7) is 3.07. The van der Waals surface area contributed by atoms with Crippen molar-refractivity contribution in [2.75, 3.05) is 25.1 Å².